The van der Waals surface area contributed by atoms with E-state index < -0.39 is 0 Å². The van der Waals surface area contributed by atoms with Gasteiger partial charge in [-0.2, -0.15) is 0 Å². The van der Waals surface area contributed by atoms with Crippen molar-refractivity contribution in [3.05, 3.63) is 0 Å². The molecule has 3 nitrogen and oxygen atoms in total. The Morgan fingerprint density at radius 2 is 2.46 bits per heavy atom. The first-order valence-corrected chi connectivity index (χ1v) is 4.44. The number of ether oxygens (including phenoxy) is 1. The fourth-order valence-corrected chi connectivity index (χ4v) is 1.09. The Morgan fingerprint density at radius 3 is 3.08 bits per heavy atom. The Balaban J connectivity index is 2.15. The van der Waals surface area contributed by atoms with Crippen molar-refractivity contribution in [2.75, 3.05) is 0 Å². The van der Waals surface area contributed by atoms with E-state index in [0.717, 1.165) is 12.7 Å². The summed E-state index contributed by atoms with van der Waals surface area (Å²) in [6, 6.07) is 0. The van der Waals surface area contributed by atoms with E-state index in [9.17, 15) is 9.59 Å². The summed E-state index contributed by atoms with van der Waals surface area (Å²) >= 11 is 0. The Hall–Kier alpha value is -1.30. The van der Waals surface area contributed by atoms with Gasteiger partial charge in [-0.3, -0.25) is 4.79 Å². The van der Waals surface area contributed by atoms with Crippen molar-refractivity contribution in [2.45, 2.75) is 38.2 Å². The molecule has 1 aliphatic rings. The molecule has 13 heavy (non-hydrogen) atoms. The average molecular weight is 180 g/mol. The molecule has 0 bridgehead atoms. The lowest BCUT2D eigenvalue weighted by atomic mass is 10.2. The predicted octanol–water partition coefficient (Wildman–Crippen LogP) is 1.06. The number of carbonyl (C=O) groups is 2. The number of unbranched alkanes of at least 4 members (excludes halogenated alkanes) is 2. The van der Waals surface area contributed by atoms with Gasteiger partial charge in [-0.05, 0) is 6.42 Å². The smallest absolute Gasteiger partial charge is 0.307 e. The first kappa shape index (κ1) is 9.79. The van der Waals surface area contributed by atoms with Crippen LogP contribution in [0.3, 0.4) is 0 Å². The van der Waals surface area contributed by atoms with Crippen molar-refractivity contribution >= 4 is 12.3 Å². The lowest BCUT2D eigenvalue weighted by Crippen LogP contribution is -2.02. The first-order chi connectivity index (χ1) is 6.33. The molecule has 3 heteroatoms. The molecule has 0 aromatic carbocycles. The molecule has 0 spiro atoms. The maximum Gasteiger partial charge on any atom is 0.307 e. The number of hydrogen-bond donors (Lipinski definition) is 0. The fraction of sp³-hybridized carbons (Fsp3) is 0.600. The molecule has 70 valence electrons. The quantitative estimate of drug-likeness (QED) is 0.282. The third kappa shape index (κ3) is 3.75. The van der Waals surface area contributed by atoms with E-state index in [4.69, 9.17) is 4.74 Å². The van der Waals surface area contributed by atoms with Gasteiger partial charge in [0.05, 0.1) is 6.42 Å². The molecule has 0 aromatic heterocycles. The molecule has 0 aromatic rings. The molecule has 1 aliphatic heterocycles. The number of cyclic esters (lactones) is 1. The van der Waals surface area contributed by atoms with Crippen molar-refractivity contribution in [2.24, 2.45) is 0 Å². The van der Waals surface area contributed by atoms with Gasteiger partial charge in [-0.15, -0.1) is 0 Å². The van der Waals surface area contributed by atoms with Gasteiger partial charge in [0, 0.05) is 19.3 Å². The van der Waals surface area contributed by atoms with Crippen LogP contribution in [0.25, 0.3) is 0 Å². The molecule has 1 heterocycles. The van der Waals surface area contributed by atoms with E-state index in [0.29, 0.717) is 25.7 Å². The van der Waals surface area contributed by atoms with Crippen molar-refractivity contribution in [3.63, 3.8) is 0 Å². The maximum atomic E-state index is 10.7. The Kier molecular flexibility index (Phi) is 4.04. The van der Waals surface area contributed by atoms with E-state index in [1.807, 2.05) is 0 Å². The van der Waals surface area contributed by atoms with E-state index in [1.165, 1.54) is 0 Å². The number of hydrogen-bond acceptors (Lipinski definition) is 3. The highest BCUT2D eigenvalue weighted by molar-refractivity contribution is 5.72. The van der Waals surface area contributed by atoms with Crippen molar-refractivity contribution in [1.82, 2.24) is 0 Å². The van der Waals surface area contributed by atoms with E-state index in [2.05, 4.69) is 11.8 Å². The Labute approximate surface area is 77.5 Å². The van der Waals surface area contributed by atoms with Gasteiger partial charge in [0.2, 0.25) is 0 Å². The second kappa shape index (κ2) is 5.36. The zero-order valence-electron chi connectivity index (χ0n) is 7.41. The van der Waals surface area contributed by atoms with Crippen molar-refractivity contribution in [3.8, 4) is 11.8 Å². The monoisotopic (exact) mass is 180 g/mol. The van der Waals surface area contributed by atoms with Crippen LogP contribution in [0.2, 0.25) is 0 Å². The lowest BCUT2D eigenvalue weighted by molar-refractivity contribution is -0.139. The number of rotatable bonds is 3. The largest absolute Gasteiger partial charge is 0.449 e. The molecular formula is C10H12O3. The van der Waals surface area contributed by atoms with Gasteiger partial charge in [0.15, 0.2) is 6.10 Å². The fourth-order valence-electron chi connectivity index (χ4n) is 1.09. The third-order valence-electron chi connectivity index (χ3n) is 1.77. The minimum Gasteiger partial charge on any atom is -0.449 e. The zero-order valence-corrected chi connectivity index (χ0v) is 7.41. The van der Waals surface area contributed by atoms with Crippen LogP contribution in [0.4, 0.5) is 0 Å². The number of aldehydes is 1. The molecule has 0 aliphatic carbocycles. The minimum atomic E-state index is -0.205. The molecular weight excluding hydrogens is 168 g/mol. The standard InChI is InChI=1S/C10H12O3/c11-8-4-2-1-3-5-9-6-7-10(12)13-9/h8-9H,1-2,4,6-7H2. The third-order valence-corrected chi connectivity index (χ3v) is 1.77. The lowest BCUT2D eigenvalue weighted by Gasteiger charge is -1.97. The summed E-state index contributed by atoms with van der Waals surface area (Å²) in [5.41, 5.74) is 0. The van der Waals surface area contributed by atoms with Crippen molar-refractivity contribution in [1.29, 1.82) is 0 Å². The summed E-state index contributed by atoms with van der Waals surface area (Å²) in [5.74, 6) is 5.60. The molecule has 1 unspecified atom stereocenters. The van der Waals surface area contributed by atoms with Crippen LogP contribution >= 0.6 is 0 Å². The van der Waals surface area contributed by atoms with Gasteiger partial charge >= 0.3 is 5.97 Å². The van der Waals surface area contributed by atoms with Crippen LogP contribution in [0.1, 0.15) is 32.1 Å². The van der Waals surface area contributed by atoms with E-state index >= 15 is 0 Å². The number of esters is 1. The minimum absolute atomic E-state index is 0.160. The summed E-state index contributed by atoms with van der Waals surface area (Å²) in [7, 11) is 0. The molecule has 0 saturated carbocycles. The summed E-state index contributed by atoms with van der Waals surface area (Å²) in [4.78, 5) is 20.6. The Bertz CT molecular complexity index is 247. The van der Waals surface area contributed by atoms with Gasteiger partial charge < -0.3 is 9.53 Å². The second-order valence-corrected chi connectivity index (χ2v) is 2.90. The normalized spacial score (nSPS) is 20.3. The summed E-state index contributed by atoms with van der Waals surface area (Å²) in [6.07, 6.45) is 3.91. The Morgan fingerprint density at radius 1 is 1.62 bits per heavy atom. The highest BCUT2D eigenvalue weighted by Gasteiger charge is 2.20. The van der Waals surface area contributed by atoms with Crippen LogP contribution in [-0.2, 0) is 14.3 Å². The van der Waals surface area contributed by atoms with Gasteiger partial charge in [-0.1, -0.05) is 11.8 Å². The summed E-state index contributed by atoms with van der Waals surface area (Å²) < 4.78 is 4.89. The average Bonchev–Trinajstić information content (AvgIpc) is 2.51. The van der Waals surface area contributed by atoms with Crippen LogP contribution in [0, 0.1) is 11.8 Å². The predicted molar refractivity (Wildman–Crippen MR) is 46.8 cm³/mol. The van der Waals surface area contributed by atoms with Crippen LogP contribution in [0.15, 0.2) is 0 Å². The molecule has 0 amide bonds. The molecule has 0 radical (unpaired) electrons. The molecule has 1 atom stereocenters. The topological polar surface area (TPSA) is 43.4 Å². The van der Waals surface area contributed by atoms with Gasteiger partial charge in [0.1, 0.15) is 6.29 Å². The second-order valence-electron chi connectivity index (χ2n) is 2.90. The molecule has 1 saturated heterocycles. The van der Waals surface area contributed by atoms with E-state index in [-0.39, 0.29) is 12.1 Å². The van der Waals surface area contributed by atoms with Crippen LogP contribution < -0.4 is 0 Å². The van der Waals surface area contributed by atoms with Crippen LogP contribution in [-0.4, -0.2) is 18.4 Å². The van der Waals surface area contributed by atoms with E-state index in [1.54, 1.807) is 0 Å². The molecule has 1 rings (SSSR count). The van der Waals surface area contributed by atoms with Gasteiger partial charge in [-0.25, -0.2) is 0 Å². The number of carbonyl (C=O) groups excluding carboxylic acids is 2. The summed E-state index contributed by atoms with van der Waals surface area (Å²) in [6.45, 7) is 0. The van der Waals surface area contributed by atoms with Crippen molar-refractivity contribution < 1.29 is 14.3 Å². The summed E-state index contributed by atoms with van der Waals surface area (Å²) in [5, 5.41) is 0. The highest BCUT2D eigenvalue weighted by Crippen LogP contribution is 2.12. The SMILES string of the molecule is O=CCCCC#CC1CCC(=O)O1. The zero-order chi connectivity index (χ0) is 9.52. The highest BCUT2D eigenvalue weighted by atomic mass is 16.5. The molecule has 1 fully saturated rings. The van der Waals surface area contributed by atoms with Crippen LogP contribution in [0.5, 0.6) is 0 Å². The molecule has 0 N–H and O–H groups in total. The van der Waals surface area contributed by atoms with Gasteiger partial charge in [0.25, 0.3) is 0 Å². The first-order valence-electron chi connectivity index (χ1n) is 4.44. The maximum absolute atomic E-state index is 10.7.